The fraction of sp³-hybridized carbons (Fsp3) is 0.214. The molecule has 5 rings (SSSR count). The van der Waals surface area contributed by atoms with Crippen LogP contribution in [0.25, 0.3) is 22.0 Å². The predicted octanol–water partition coefficient (Wildman–Crippen LogP) is 6.15. The van der Waals surface area contributed by atoms with Crippen LogP contribution in [0.1, 0.15) is 11.1 Å². The molecule has 1 fully saturated rings. The van der Waals surface area contributed by atoms with E-state index in [0.29, 0.717) is 16.9 Å². The summed E-state index contributed by atoms with van der Waals surface area (Å²) in [6.45, 7) is 4.39. The summed E-state index contributed by atoms with van der Waals surface area (Å²) in [6.07, 6.45) is 1.52. The minimum absolute atomic E-state index is 0.0538. The fourth-order valence-electron chi connectivity index (χ4n) is 4.33. The van der Waals surface area contributed by atoms with Crippen LogP contribution in [0, 0.1) is 17.1 Å². The molecular formula is C28H24ClFN4O2. The van der Waals surface area contributed by atoms with Crippen molar-refractivity contribution in [1.82, 2.24) is 9.88 Å². The second-order valence-electron chi connectivity index (χ2n) is 8.57. The van der Waals surface area contributed by atoms with Gasteiger partial charge in [-0.25, -0.2) is 4.39 Å². The molecule has 0 spiro atoms. The van der Waals surface area contributed by atoms with E-state index in [1.54, 1.807) is 0 Å². The van der Waals surface area contributed by atoms with Crippen molar-refractivity contribution in [2.45, 2.75) is 6.54 Å². The van der Waals surface area contributed by atoms with Crippen molar-refractivity contribution in [3.05, 3.63) is 82.8 Å². The third kappa shape index (κ3) is 4.98. The van der Waals surface area contributed by atoms with Gasteiger partial charge in [-0.3, -0.25) is 9.88 Å². The Kier molecular flexibility index (Phi) is 7.01. The lowest BCUT2D eigenvalue weighted by atomic mass is 10.0. The van der Waals surface area contributed by atoms with Gasteiger partial charge in [0.15, 0.2) is 11.6 Å². The number of halogens is 2. The third-order valence-electron chi connectivity index (χ3n) is 6.29. The van der Waals surface area contributed by atoms with E-state index >= 15 is 0 Å². The molecule has 0 radical (unpaired) electrons. The minimum Gasteiger partial charge on any atom is -0.494 e. The normalized spacial score (nSPS) is 13.9. The van der Waals surface area contributed by atoms with Crippen LogP contribution in [-0.4, -0.2) is 43.3 Å². The Labute approximate surface area is 213 Å². The molecule has 1 N–H and O–H groups in total. The zero-order valence-electron chi connectivity index (χ0n) is 19.7. The van der Waals surface area contributed by atoms with Gasteiger partial charge < -0.3 is 14.8 Å². The standard InChI is InChI=1S/C28H24ClFN4O2/c1-35-27-14-26(23(29)13-24(27)30)33-28-21(15-31)16-32-25-12-20(6-7-22(25)28)19-4-2-18(3-5-19)17-34-8-10-36-11-9-34/h2-7,12-14,16H,8-11,17H2,1H3,(H,32,33). The molecule has 0 amide bonds. The number of aromatic nitrogens is 1. The first-order valence-corrected chi connectivity index (χ1v) is 12.0. The number of rotatable bonds is 6. The summed E-state index contributed by atoms with van der Waals surface area (Å²) in [4.78, 5) is 6.90. The number of benzene rings is 3. The van der Waals surface area contributed by atoms with Crippen molar-refractivity contribution in [3.8, 4) is 22.9 Å². The molecule has 1 aromatic heterocycles. The Morgan fingerprint density at radius 3 is 2.58 bits per heavy atom. The average Bonchev–Trinajstić information content (AvgIpc) is 2.91. The van der Waals surface area contributed by atoms with E-state index in [1.807, 2.05) is 18.2 Å². The van der Waals surface area contributed by atoms with E-state index in [9.17, 15) is 9.65 Å². The molecule has 0 bridgehead atoms. The van der Waals surface area contributed by atoms with Crippen molar-refractivity contribution in [2.75, 3.05) is 38.7 Å². The number of nitrogens with one attached hydrogen (secondary N) is 1. The van der Waals surface area contributed by atoms with E-state index in [-0.39, 0.29) is 10.8 Å². The van der Waals surface area contributed by atoms with Gasteiger partial charge in [-0.2, -0.15) is 5.26 Å². The van der Waals surface area contributed by atoms with Crippen LogP contribution in [0.4, 0.5) is 15.8 Å². The van der Waals surface area contributed by atoms with Gasteiger partial charge in [0, 0.05) is 37.3 Å². The first-order valence-electron chi connectivity index (χ1n) is 11.6. The third-order valence-corrected chi connectivity index (χ3v) is 6.60. The Hall–Kier alpha value is -3.70. The molecule has 0 saturated carbocycles. The summed E-state index contributed by atoms with van der Waals surface area (Å²) in [5.74, 6) is -0.508. The lowest BCUT2D eigenvalue weighted by molar-refractivity contribution is 0.0342. The Morgan fingerprint density at radius 1 is 1.11 bits per heavy atom. The van der Waals surface area contributed by atoms with Gasteiger partial charge in [-0.15, -0.1) is 0 Å². The van der Waals surface area contributed by atoms with Crippen molar-refractivity contribution in [3.63, 3.8) is 0 Å². The van der Waals surface area contributed by atoms with Gasteiger partial charge in [0.05, 0.1) is 47.8 Å². The van der Waals surface area contributed by atoms with Crippen molar-refractivity contribution < 1.29 is 13.9 Å². The van der Waals surface area contributed by atoms with Crippen LogP contribution in [0.5, 0.6) is 5.75 Å². The van der Waals surface area contributed by atoms with Gasteiger partial charge in [0.1, 0.15) is 6.07 Å². The van der Waals surface area contributed by atoms with Gasteiger partial charge in [0.25, 0.3) is 0 Å². The highest BCUT2D eigenvalue weighted by Crippen LogP contribution is 2.36. The molecule has 36 heavy (non-hydrogen) atoms. The highest BCUT2D eigenvalue weighted by Gasteiger charge is 2.15. The maximum atomic E-state index is 14.0. The zero-order valence-corrected chi connectivity index (χ0v) is 20.5. The number of nitrogens with zero attached hydrogens (tertiary/aromatic N) is 3. The monoisotopic (exact) mass is 502 g/mol. The molecule has 182 valence electrons. The van der Waals surface area contributed by atoms with E-state index in [1.165, 1.54) is 31.0 Å². The first kappa shape index (κ1) is 24.0. The summed E-state index contributed by atoms with van der Waals surface area (Å²) in [5.41, 5.74) is 5.40. The smallest absolute Gasteiger partial charge is 0.166 e. The molecule has 1 aliphatic rings. The molecule has 0 atom stereocenters. The lowest BCUT2D eigenvalue weighted by Gasteiger charge is -2.26. The first-order chi connectivity index (χ1) is 17.6. The largest absolute Gasteiger partial charge is 0.494 e. The zero-order chi connectivity index (χ0) is 25.1. The van der Waals surface area contributed by atoms with Crippen LogP contribution in [0.3, 0.4) is 0 Å². The van der Waals surface area contributed by atoms with Gasteiger partial charge in [-0.05, 0) is 28.8 Å². The second kappa shape index (κ2) is 10.5. The van der Waals surface area contributed by atoms with Crippen LogP contribution in [-0.2, 0) is 11.3 Å². The molecule has 6 nitrogen and oxygen atoms in total. The quantitative estimate of drug-likeness (QED) is 0.341. The molecule has 0 aliphatic carbocycles. The van der Waals surface area contributed by atoms with Gasteiger partial charge in [-0.1, -0.05) is 48.0 Å². The van der Waals surface area contributed by atoms with Crippen molar-refractivity contribution in [2.24, 2.45) is 0 Å². The highest BCUT2D eigenvalue weighted by atomic mass is 35.5. The van der Waals surface area contributed by atoms with Crippen molar-refractivity contribution >= 4 is 33.9 Å². The SMILES string of the molecule is COc1cc(Nc2c(C#N)cnc3cc(-c4ccc(CN5CCOCC5)cc4)ccc23)c(Cl)cc1F. The van der Waals surface area contributed by atoms with Crippen LogP contribution < -0.4 is 10.1 Å². The number of pyridine rings is 1. The lowest BCUT2D eigenvalue weighted by Crippen LogP contribution is -2.35. The molecule has 1 saturated heterocycles. The number of anilines is 2. The van der Waals surface area contributed by atoms with Crippen molar-refractivity contribution in [1.29, 1.82) is 5.26 Å². The Bertz CT molecular complexity index is 1450. The average molecular weight is 503 g/mol. The van der Waals surface area contributed by atoms with E-state index in [2.05, 4.69) is 45.5 Å². The Balaban J connectivity index is 1.45. The van der Waals surface area contributed by atoms with E-state index < -0.39 is 5.82 Å². The summed E-state index contributed by atoms with van der Waals surface area (Å²) >= 11 is 6.27. The number of morpholine rings is 1. The highest BCUT2D eigenvalue weighted by molar-refractivity contribution is 6.33. The minimum atomic E-state index is -0.561. The molecule has 0 unspecified atom stereocenters. The number of ether oxygens (including phenoxy) is 2. The molecule has 8 heteroatoms. The Morgan fingerprint density at radius 2 is 1.86 bits per heavy atom. The van der Waals surface area contributed by atoms with Gasteiger partial charge >= 0.3 is 0 Å². The number of nitriles is 1. The topological polar surface area (TPSA) is 70.4 Å². The molecule has 1 aliphatic heterocycles. The molecule has 2 heterocycles. The molecule has 4 aromatic rings. The molecule has 3 aromatic carbocycles. The number of hydrogen-bond donors (Lipinski definition) is 1. The van der Waals surface area contributed by atoms with E-state index in [0.717, 1.165) is 54.9 Å². The van der Waals surface area contributed by atoms with Crippen LogP contribution in [0.15, 0.2) is 60.8 Å². The summed E-state index contributed by atoms with van der Waals surface area (Å²) in [5, 5.41) is 13.8. The predicted molar refractivity (Wildman–Crippen MR) is 139 cm³/mol. The van der Waals surface area contributed by atoms with Crippen LogP contribution >= 0.6 is 11.6 Å². The van der Waals surface area contributed by atoms with E-state index in [4.69, 9.17) is 21.1 Å². The number of methoxy groups -OCH3 is 1. The maximum Gasteiger partial charge on any atom is 0.166 e. The van der Waals surface area contributed by atoms with Gasteiger partial charge in [0.2, 0.25) is 0 Å². The molecular weight excluding hydrogens is 479 g/mol. The summed E-state index contributed by atoms with van der Waals surface area (Å²) in [6, 6.07) is 19.3. The second-order valence-corrected chi connectivity index (χ2v) is 8.97. The summed E-state index contributed by atoms with van der Waals surface area (Å²) < 4.78 is 24.5. The maximum absolute atomic E-state index is 14.0. The number of hydrogen-bond acceptors (Lipinski definition) is 6. The fourth-order valence-corrected chi connectivity index (χ4v) is 4.53. The number of fused-ring (bicyclic) bond motifs is 1. The van der Waals surface area contributed by atoms with Crippen LogP contribution in [0.2, 0.25) is 5.02 Å². The summed E-state index contributed by atoms with van der Waals surface area (Å²) in [7, 11) is 1.38.